The van der Waals surface area contributed by atoms with E-state index < -0.39 is 0 Å². The minimum absolute atomic E-state index is 0.0683. The van der Waals surface area contributed by atoms with E-state index in [1.165, 1.54) is 30.7 Å². The van der Waals surface area contributed by atoms with Crippen molar-refractivity contribution in [1.82, 2.24) is 9.55 Å². The van der Waals surface area contributed by atoms with Crippen LogP contribution < -0.4 is 20.3 Å². The van der Waals surface area contributed by atoms with Gasteiger partial charge in [-0.05, 0) is 35.6 Å². The van der Waals surface area contributed by atoms with Crippen molar-refractivity contribution in [2.24, 2.45) is 0 Å². The maximum absolute atomic E-state index is 12.8. The summed E-state index contributed by atoms with van der Waals surface area (Å²) in [6.07, 6.45) is 2.32. The SMILES string of the molecule is COc1cc2ncn(CCCC(=O)Nc3ccc(C(C)(C)C)cc3)c(=O)c2cc1OC. The fourth-order valence-corrected chi connectivity index (χ4v) is 3.33. The number of anilines is 1. The standard InChI is InChI=1S/C24H29N3O4/c1-24(2,3)16-8-10-17(11-9-16)26-22(28)7-6-12-27-15-25-19-14-21(31-5)20(30-4)13-18(19)23(27)29/h8-11,13-15H,6-7,12H2,1-5H3,(H,26,28). The highest BCUT2D eigenvalue weighted by atomic mass is 16.5. The van der Waals surface area contributed by atoms with Crippen LogP contribution in [0.2, 0.25) is 0 Å². The molecule has 3 aromatic rings. The third-order valence-corrected chi connectivity index (χ3v) is 5.17. The van der Waals surface area contributed by atoms with Crippen LogP contribution in [0.25, 0.3) is 10.9 Å². The van der Waals surface area contributed by atoms with Gasteiger partial charge in [0.1, 0.15) is 0 Å². The molecule has 0 bridgehead atoms. The summed E-state index contributed by atoms with van der Waals surface area (Å²) in [6.45, 7) is 6.84. The van der Waals surface area contributed by atoms with Crippen molar-refractivity contribution in [2.45, 2.75) is 45.6 Å². The Kier molecular flexibility index (Phi) is 6.63. The Bertz CT molecular complexity index is 1130. The van der Waals surface area contributed by atoms with Gasteiger partial charge < -0.3 is 14.8 Å². The molecule has 0 aliphatic carbocycles. The summed E-state index contributed by atoms with van der Waals surface area (Å²) in [7, 11) is 3.06. The zero-order chi connectivity index (χ0) is 22.6. The van der Waals surface area contributed by atoms with E-state index in [-0.39, 0.29) is 16.9 Å². The molecule has 2 aromatic carbocycles. The van der Waals surface area contributed by atoms with Crippen LogP contribution >= 0.6 is 0 Å². The van der Waals surface area contributed by atoms with Gasteiger partial charge in [0.2, 0.25) is 5.91 Å². The molecule has 0 atom stereocenters. The lowest BCUT2D eigenvalue weighted by molar-refractivity contribution is -0.116. The number of methoxy groups -OCH3 is 2. The summed E-state index contributed by atoms with van der Waals surface area (Å²) in [5.41, 5.74) is 2.41. The van der Waals surface area contributed by atoms with Gasteiger partial charge >= 0.3 is 0 Å². The van der Waals surface area contributed by atoms with E-state index >= 15 is 0 Å². The Morgan fingerprint density at radius 2 is 1.71 bits per heavy atom. The smallest absolute Gasteiger partial charge is 0.261 e. The molecule has 3 rings (SSSR count). The molecule has 1 aromatic heterocycles. The van der Waals surface area contributed by atoms with Gasteiger partial charge in [-0.15, -0.1) is 0 Å². The van der Waals surface area contributed by atoms with E-state index in [1.807, 2.05) is 24.3 Å². The third kappa shape index (κ3) is 5.23. The fraction of sp³-hybridized carbons (Fsp3) is 0.375. The Labute approximate surface area is 182 Å². The van der Waals surface area contributed by atoms with Crippen molar-refractivity contribution in [2.75, 3.05) is 19.5 Å². The van der Waals surface area contributed by atoms with Crippen molar-refractivity contribution < 1.29 is 14.3 Å². The zero-order valence-electron chi connectivity index (χ0n) is 18.7. The van der Waals surface area contributed by atoms with Crippen LogP contribution in [-0.4, -0.2) is 29.7 Å². The minimum atomic E-state index is -0.177. The van der Waals surface area contributed by atoms with Crippen LogP contribution in [0.1, 0.15) is 39.2 Å². The highest BCUT2D eigenvalue weighted by Crippen LogP contribution is 2.29. The Hall–Kier alpha value is -3.35. The molecule has 0 saturated carbocycles. The first-order chi connectivity index (χ1) is 14.7. The molecule has 1 N–H and O–H groups in total. The monoisotopic (exact) mass is 423 g/mol. The lowest BCUT2D eigenvalue weighted by Gasteiger charge is -2.19. The molecule has 164 valence electrons. The molecule has 1 heterocycles. The predicted octanol–water partition coefficient (Wildman–Crippen LogP) is 4.13. The van der Waals surface area contributed by atoms with Gasteiger partial charge in [0.05, 0.1) is 31.4 Å². The van der Waals surface area contributed by atoms with Gasteiger partial charge in [-0.1, -0.05) is 32.9 Å². The maximum atomic E-state index is 12.8. The zero-order valence-corrected chi connectivity index (χ0v) is 18.7. The lowest BCUT2D eigenvalue weighted by atomic mass is 9.87. The van der Waals surface area contributed by atoms with Crippen LogP contribution in [0, 0.1) is 0 Å². The summed E-state index contributed by atoms with van der Waals surface area (Å²) in [5.74, 6) is 0.909. The number of ether oxygens (including phenoxy) is 2. The Morgan fingerprint density at radius 1 is 1.06 bits per heavy atom. The largest absolute Gasteiger partial charge is 0.493 e. The highest BCUT2D eigenvalue weighted by Gasteiger charge is 2.14. The number of benzene rings is 2. The number of carbonyl (C=O) groups is 1. The first-order valence-electron chi connectivity index (χ1n) is 10.2. The third-order valence-electron chi connectivity index (χ3n) is 5.17. The number of amides is 1. The molecule has 0 aliphatic rings. The van der Waals surface area contributed by atoms with Crippen LogP contribution in [0.5, 0.6) is 11.5 Å². The molecular weight excluding hydrogens is 394 g/mol. The van der Waals surface area contributed by atoms with Crippen molar-refractivity contribution in [3.05, 3.63) is 58.6 Å². The highest BCUT2D eigenvalue weighted by molar-refractivity contribution is 5.90. The van der Waals surface area contributed by atoms with Crippen molar-refractivity contribution >= 4 is 22.5 Å². The number of fused-ring (bicyclic) bond motifs is 1. The molecule has 31 heavy (non-hydrogen) atoms. The minimum Gasteiger partial charge on any atom is -0.493 e. The molecular formula is C24H29N3O4. The number of carbonyl (C=O) groups excluding carboxylic acids is 1. The molecule has 0 radical (unpaired) electrons. The molecule has 0 aliphatic heterocycles. The summed E-state index contributed by atoms with van der Waals surface area (Å²) in [5, 5.41) is 3.35. The number of hydrogen-bond donors (Lipinski definition) is 1. The molecule has 0 fully saturated rings. The average Bonchev–Trinajstić information content (AvgIpc) is 2.74. The van der Waals surface area contributed by atoms with Gasteiger partial charge in [-0.2, -0.15) is 0 Å². The van der Waals surface area contributed by atoms with E-state index in [4.69, 9.17) is 9.47 Å². The first-order valence-corrected chi connectivity index (χ1v) is 10.2. The number of rotatable bonds is 7. The summed E-state index contributed by atoms with van der Waals surface area (Å²) < 4.78 is 12.1. The number of hydrogen-bond acceptors (Lipinski definition) is 5. The van der Waals surface area contributed by atoms with E-state index in [0.29, 0.717) is 41.8 Å². The molecule has 7 heteroatoms. The van der Waals surface area contributed by atoms with Crippen LogP contribution in [0.4, 0.5) is 5.69 Å². The summed E-state index contributed by atoms with van der Waals surface area (Å²) in [4.78, 5) is 29.4. The first kappa shape index (κ1) is 22.3. The number of aromatic nitrogens is 2. The summed E-state index contributed by atoms with van der Waals surface area (Å²) >= 11 is 0. The van der Waals surface area contributed by atoms with Crippen molar-refractivity contribution in [3.8, 4) is 11.5 Å². The van der Waals surface area contributed by atoms with Crippen molar-refractivity contribution in [1.29, 1.82) is 0 Å². The topological polar surface area (TPSA) is 82.5 Å². The second-order valence-electron chi connectivity index (χ2n) is 8.45. The van der Waals surface area contributed by atoms with Gasteiger partial charge in [0, 0.05) is 24.7 Å². The van der Waals surface area contributed by atoms with Crippen LogP contribution in [0.15, 0.2) is 47.5 Å². The van der Waals surface area contributed by atoms with E-state index in [1.54, 1.807) is 12.1 Å². The molecule has 1 amide bonds. The second-order valence-corrected chi connectivity index (χ2v) is 8.45. The Balaban J connectivity index is 1.63. The van der Waals surface area contributed by atoms with Crippen LogP contribution in [0.3, 0.4) is 0 Å². The number of aryl methyl sites for hydroxylation is 1. The molecule has 0 saturated heterocycles. The fourth-order valence-electron chi connectivity index (χ4n) is 3.33. The van der Waals surface area contributed by atoms with Gasteiger partial charge in [0.25, 0.3) is 5.56 Å². The number of nitrogens with zero attached hydrogens (tertiary/aromatic N) is 2. The van der Waals surface area contributed by atoms with Gasteiger partial charge in [-0.25, -0.2) is 4.98 Å². The van der Waals surface area contributed by atoms with Crippen molar-refractivity contribution in [3.63, 3.8) is 0 Å². The maximum Gasteiger partial charge on any atom is 0.261 e. The molecule has 7 nitrogen and oxygen atoms in total. The van der Waals surface area contributed by atoms with Gasteiger partial charge in [0.15, 0.2) is 11.5 Å². The second kappa shape index (κ2) is 9.20. The Morgan fingerprint density at radius 3 is 2.32 bits per heavy atom. The van der Waals surface area contributed by atoms with E-state index in [2.05, 4.69) is 31.1 Å². The number of nitrogens with one attached hydrogen (secondary N) is 1. The average molecular weight is 424 g/mol. The normalized spacial score (nSPS) is 11.4. The predicted molar refractivity (Wildman–Crippen MR) is 122 cm³/mol. The van der Waals surface area contributed by atoms with E-state index in [0.717, 1.165) is 5.69 Å². The van der Waals surface area contributed by atoms with Gasteiger partial charge in [-0.3, -0.25) is 14.2 Å². The van der Waals surface area contributed by atoms with E-state index in [9.17, 15) is 9.59 Å². The quantitative estimate of drug-likeness (QED) is 0.618. The summed E-state index contributed by atoms with van der Waals surface area (Å²) in [6, 6.07) is 11.2. The molecule has 0 spiro atoms. The molecule has 0 unspecified atom stereocenters. The van der Waals surface area contributed by atoms with Crippen LogP contribution in [-0.2, 0) is 16.8 Å². The lowest BCUT2D eigenvalue weighted by Crippen LogP contribution is -2.22.